The topological polar surface area (TPSA) is 38.3 Å². The fraction of sp³-hybridized carbons (Fsp3) is 0.417. The van der Waals surface area contributed by atoms with Crippen molar-refractivity contribution in [3.8, 4) is 0 Å². The Bertz CT molecular complexity index is 333. The molecule has 1 amide bonds. The van der Waals surface area contributed by atoms with E-state index in [1.54, 1.807) is 0 Å². The van der Waals surface area contributed by atoms with Gasteiger partial charge in [0.1, 0.15) is 0 Å². The Balaban J connectivity index is 2.10. The highest BCUT2D eigenvalue weighted by molar-refractivity contribution is 5.67. The predicted molar refractivity (Wildman–Crippen MR) is 57.4 cm³/mol. The van der Waals surface area contributed by atoms with Gasteiger partial charge in [0.05, 0.1) is 13.2 Å². The van der Waals surface area contributed by atoms with Gasteiger partial charge < -0.3 is 10.1 Å². The molecule has 0 bridgehead atoms. The Morgan fingerprint density at radius 2 is 2.07 bits per heavy atom. The largest absolute Gasteiger partial charge is 0.453 e. The molecular formula is C12H15NO2. The van der Waals surface area contributed by atoms with Crippen LogP contribution in [-0.4, -0.2) is 13.2 Å². The molecule has 3 nitrogen and oxygen atoms in total. The van der Waals surface area contributed by atoms with Crippen molar-refractivity contribution in [3.05, 3.63) is 35.9 Å². The number of hydrogen-bond acceptors (Lipinski definition) is 2. The minimum Gasteiger partial charge on any atom is -0.453 e. The summed E-state index contributed by atoms with van der Waals surface area (Å²) in [7, 11) is 1.39. The highest BCUT2D eigenvalue weighted by atomic mass is 16.5. The number of methoxy groups -OCH3 is 1. The van der Waals surface area contributed by atoms with Crippen LogP contribution in [0.2, 0.25) is 0 Å². The first-order valence-corrected chi connectivity index (χ1v) is 5.20. The number of carbonyl (C=O) groups is 1. The molecule has 0 radical (unpaired) electrons. The highest BCUT2D eigenvalue weighted by Gasteiger charge is 2.33. The fourth-order valence-corrected chi connectivity index (χ4v) is 1.75. The maximum atomic E-state index is 11.2. The average Bonchev–Trinajstić information content (AvgIpc) is 3.10. The van der Waals surface area contributed by atoms with Gasteiger partial charge in [0.15, 0.2) is 0 Å². The summed E-state index contributed by atoms with van der Waals surface area (Å²) in [6.45, 7) is 0. The normalized spacial score (nSPS) is 16.9. The van der Waals surface area contributed by atoms with E-state index in [0.717, 1.165) is 5.56 Å². The Morgan fingerprint density at radius 1 is 1.40 bits per heavy atom. The van der Waals surface area contributed by atoms with E-state index in [2.05, 4.69) is 10.1 Å². The van der Waals surface area contributed by atoms with Gasteiger partial charge in [0.25, 0.3) is 0 Å². The molecule has 1 aliphatic rings. The van der Waals surface area contributed by atoms with Gasteiger partial charge in [0, 0.05) is 0 Å². The Morgan fingerprint density at radius 3 is 2.60 bits per heavy atom. The van der Waals surface area contributed by atoms with E-state index in [9.17, 15) is 4.79 Å². The number of hydrogen-bond donors (Lipinski definition) is 1. The molecule has 0 aliphatic heterocycles. The monoisotopic (exact) mass is 205 g/mol. The summed E-state index contributed by atoms with van der Waals surface area (Å²) in [4.78, 5) is 11.2. The number of amides is 1. The van der Waals surface area contributed by atoms with Crippen LogP contribution in [0.15, 0.2) is 30.3 Å². The highest BCUT2D eigenvalue weighted by Crippen LogP contribution is 2.40. The van der Waals surface area contributed by atoms with Crippen LogP contribution in [0.25, 0.3) is 0 Å². The van der Waals surface area contributed by atoms with Gasteiger partial charge in [-0.05, 0) is 24.3 Å². The Labute approximate surface area is 89.4 Å². The van der Waals surface area contributed by atoms with Crippen molar-refractivity contribution < 1.29 is 9.53 Å². The third kappa shape index (κ3) is 2.49. The SMILES string of the molecule is COC(=O)NC(c1ccccc1)C1CC1. The molecule has 1 saturated carbocycles. The predicted octanol–water partition coefficient (Wildman–Crippen LogP) is 2.49. The lowest BCUT2D eigenvalue weighted by atomic mass is 10.0. The van der Waals surface area contributed by atoms with Crippen LogP contribution in [0, 0.1) is 5.92 Å². The van der Waals surface area contributed by atoms with E-state index < -0.39 is 0 Å². The first kappa shape index (κ1) is 10.0. The van der Waals surface area contributed by atoms with Crippen LogP contribution in [0.1, 0.15) is 24.4 Å². The van der Waals surface area contributed by atoms with Crippen molar-refractivity contribution >= 4 is 6.09 Å². The third-order valence-corrected chi connectivity index (χ3v) is 2.71. The molecule has 1 aromatic rings. The number of rotatable bonds is 3. The number of nitrogens with one attached hydrogen (secondary N) is 1. The number of alkyl carbamates (subject to hydrolysis) is 1. The molecule has 0 saturated heterocycles. The summed E-state index contributed by atoms with van der Waals surface area (Å²) in [5, 5.41) is 2.88. The first-order chi connectivity index (χ1) is 7.31. The van der Waals surface area contributed by atoms with Crippen molar-refractivity contribution in [2.75, 3.05) is 7.11 Å². The Hall–Kier alpha value is -1.51. The minimum absolute atomic E-state index is 0.110. The van der Waals surface area contributed by atoms with Crippen molar-refractivity contribution in [3.63, 3.8) is 0 Å². The smallest absolute Gasteiger partial charge is 0.407 e. The minimum atomic E-state index is -0.351. The maximum Gasteiger partial charge on any atom is 0.407 e. The van der Waals surface area contributed by atoms with Crippen LogP contribution in [0.4, 0.5) is 4.79 Å². The zero-order valence-corrected chi connectivity index (χ0v) is 8.77. The molecule has 1 aromatic carbocycles. The Kier molecular flexibility index (Phi) is 2.90. The standard InChI is InChI=1S/C12H15NO2/c1-15-12(14)13-11(10-7-8-10)9-5-3-2-4-6-9/h2-6,10-11H,7-8H2,1H3,(H,13,14). The second kappa shape index (κ2) is 4.34. The summed E-state index contributed by atoms with van der Waals surface area (Å²) in [6.07, 6.45) is 2.02. The van der Waals surface area contributed by atoms with Gasteiger partial charge >= 0.3 is 6.09 Å². The van der Waals surface area contributed by atoms with Gasteiger partial charge in [-0.3, -0.25) is 0 Å². The van der Waals surface area contributed by atoms with Gasteiger partial charge in [-0.1, -0.05) is 30.3 Å². The summed E-state index contributed by atoms with van der Waals surface area (Å²) < 4.78 is 4.63. The molecule has 15 heavy (non-hydrogen) atoms. The van der Waals surface area contributed by atoms with Gasteiger partial charge in [-0.25, -0.2) is 4.79 Å². The molecule has 1 atom stereocenters. The number of benzene rings is 1. The third-order valence-electron chi connectivity index (χ3n) is 2.71. The average molecular weight is 205 g/mol. The van der Waals surface area contributed by atoms with Gasteiger partial charge in [-0.2, -0.15) is 0 Å². The molecule has 0 aromatic heterocycles. The summed E-state index contributed by atoms with van der Waals surface area (Å²) in [5.41, 5.74) is 1.16. The van der Waals surface area contributed by atoms with Crippen LogP contribution in [0.3, 0.4) is 0 Å². The molecule has 1 aliphatic carbocycles. The molecule has 1 unspecified atom stereocenters. The number of ether oxygens (including phenoxy) is 1. The van der Waals surface area contributed by atoms with Crippen molar-refractivity contribution in [1.82, 2.24) is 5.32 Å². The molecule has 2 rings (SSSR count). The maximum absolute atomic E-state index is 11.2. The van der Waals surface area contributed by atoms with E-state index >= 15 is 0 Å². The van der Waals surface area contributed by atoms with E-state index in [-0.39, 0.29) is 12.1 Å². The molecule has 0 heterocycles. The van der Waals surface area contributed by atoms with Crippen molar-refractivity contribution in [2.24, 2.45) is 5.92 Å². The zero-order valence-electron chi connectivity index (χ0n) is 8.77. The summed E-state index contributed by atoms with van der Waals surface area (Å²) in [5.74, 6) is 0.575. The second-order valence-corrected chi connectivity index (χ2v) is 3.86. The molecule has 1 fully saturated rings. The van der Waals surface area contributed by atoms with E-state index in [1.165, 1.54) is 20.0 Å². The van der Waals surface area contributed by atoms with Gasteiger partial charge in [-0.15, -0.1) is 0 Å². The van der Waals surface area contributed by atoms with E-state index in [0.29, 0.717) is 5.92 Å². The summed E-state index contributed by atoms with van der Waals surface area (Å²) in [6, 6.07) is 10.1. The number of carbonyl (C=O) groups excluding carboxylic acids is 1. The lowest BCUT2D eigenvalue weighted by Crippen LogP contribution is -2.29. The quantitative estimate of drug-likeness (QED) is 0.823. The van der Waals surface area contributed by atoms with Crippen LogP contribution < -0.4 is 5.32 Å². The molecule has 3 heteroatoms. The lowest BCUT2D eigenvalue weighted by molar-refractivity contribution is 0.165. The van der Waals surface area contributed by atoms with Crippen molar-refractivity contribution in [2.45, 2.75) is 18.9 Å². The zero-order chi connectivity index (χ0) is 10.7. The van der Waals surface area contributed by atoms with Crippen LogP contribution in [-0.2, 0) is 4.74 Å². The fourth-order valence-electron chi connectivity index (χ4n) is 1.75. The molecule has 1 N–H and O–H groups in total. The van der Waals surface area contributed by atoms with E-state index in [1.807, 2.05) is 30.3 Å². The molecule has 0 spiro atoms. The van der Waals surface area contributed by atoms with Crippen molar-refractivity contribution in [1.29, 1.82) is 0 Å². The molecular weight excluding hydrogens is 190 g/mol. The molecule has 80 valence electrons. The summed E-state index contributed by atoms with van der Waals surface area (Å²) >= 11 is 0. The van der Waals surface area contributed by atoms with Crippen LogP contribution >= 0.6 is 0 Å². The van der Waals surface area contributed by atoms with Gasteiger partial charge in [0.2, 0.25) is 0 Å². The van der Waals surface area contributed by atoms with E-state index in [4.69, 9.17) is 0 Å². The van der Waals surface area contributed by atoms with Crippen LogP contribution in [0.5, 0.6) is 0 Å². The lowest BCUT2D eigenvalue weighted by Gasteiger charge is -2.17. The first-order valence-electron chi connectivity index (χ1n) is 5.20. The second-order valence-electron chi connectivity index (χ2n) is 3.86.